The molecule has 6 nitrogen and oxygen atoms in total. The van der Waals surface area contributed by atoms with E-state index in [9.17, 15) is 9.18 Å². The van der Waals surface area contributed by atoms with Crippen molar-refractivity contribution in [2.24, 2.45) is 0 Å². The molecule has 1 heterocycles. The topological polar surface area (TPSA) is 65.6 Å². The molecule has 1 fully saturated rings. The van der Waals surface area contributed by atoms with E-state index in [-0.39, 0.29) is 17.8 Å². The smallest absolute Gasteiger partial charge is 0.253 e. The average molecular weight is 431 g/mol. The Kier molecular flexibility index (Phi) is 7.98. The molecule has 0 bridgehead atoms. The van der Waals surface area contributed by atoms with Gasteiger partial charge in [-0.25, -0.2) is 4.39 Å². The van der Waals surface area contributed by atoms with Crippen LogP contribution in [0.3, 0.4) is 0 Å². The van der Waals surface area contributed by atoms with E-state index in [4.69, 9.17) is 17.0 Å². The quantitative estimate of drug-likeness (QED) is 0.463. The number of methoxy groups -OCH3 is 1. The van der Waals surface area contributed by atoms with E-state index in [1.807, 2.05) is 24.3 Å². The molecule has 1 amide bonds. The Bertz CT molecular complexity index is 854. The lowest BCUT2D eigenvalue weighted by atomic mass is 10.0. The van der Waals surface area contributed by atoms with Crippen LogP contribution >= 0.6 is 12.2 Å². The Balaban J connectivity index is 1.52. The predicted octanol–water partition coefficient (Wildman–Crippen LogP) is 3.16. The Morgan fingerprint density at radius 2 is 1.87 bits per heavy atom. The molecule has 8 heteroatoms. The summed E-state index contributed by atoms with van der Waals surface area (Å²) >= 11 is 5.39. The summed E-state index contributed by atoms with van der Waals surface area (Å²) in [7, 11) is 1.61. The highest BCUT2D eigenvalue weighted by Crippen LogP contribution is 2.24. The maximum atomic E-state index is 13.0. The van der Waals surface area contributed by atoms with Gasteiger partial charge in [-0.05, 0) is 61.5 Å². The number of hydrogen-bond donors (Lipinski definition) is 3. The van der Waals surface area contributed by atoms with Gasteiger partial charge in [-0.15, -0.1) is 0 Å². The van der Waals surface area contributed by atoms with Gasteiger partial charge in [-0.2, -0.15) is 0 Å². The summed E-state index contributed by atoms with van der Waals surface area (Å²) in [6.45, 7) is 2.60. The van der Waals surface area contributed by atoms with Crippen LogP contribution in [0.4, 0.5) is 15.8 Å². The van der Waals surface area contributed by atoms with Gasteiger partial charge in [0.25, 0.3) is 5.91 Å². The van der Waals surface area contributed by atoms with Gasteiger partial charge >= 0.3 is 0 Å². The lowest BCUT2D eigenvalue weighted by molar-refractivity contribution is 0.0937. The van der Waals surface area contributed by atoms with Crippen molar-refractivity contribution in [3.63, 3.8) is 0 Å². The van der Waals surface area contributed by atoms with Crippen molar-refractivity contribution < 1.29 is 13.9 Å². The van der Waals surface area contributed by atoms with Crippen LogP contribution in [-0.4, -0.2) is 50.4 Å². The van der Waals surface area contributed by atoms with Crippen LogP contribution in [0.15, 0.2) is 48.5 Å². The molecule has 0 spiro atoms. The van der Waals surface area contributed by atoms with Crippen molar-refractivity contribution in [2.75, 3.05) is 43.6 Å². The number of hydrogen-bond acceptors (Lipinski definition) is 4. The molecule has 1 aliphatic rings. The number of piperidine rings is 1. The van der Waals surface area contributed by atoms with Gasteiger partial charge in [0.05, 0.1) is 12.2 Å². The molecule has 1 saturated heterocycles. The van der Waals surface area contributed by atoms with Crippen molar-refractivity contribution >= 4 is 34.6 Å². The SMILES string of the molecule is COCCNC(=O)c1ccccc1N1CCC(NC(=S)Nc2ccc(F)cc2)CC1. The second-order valence-corrected chi connectivity index (χ2v) is 7.54. The van der Waals surface area contributed by atoms with E-state index >= 15 is 0 Å². The van der Waals surface area contributed by atoms with Crippen molar-refractivity contribution in [1.82, 2.24) is 10.6 Å². The molecule has 0 aliphatic carbocycles. The lowest BCUT2D eigenvalue weighted by Gasteiger charge is -2.35. The predicted molar refractivity (Wildman–Crippen MR) is 122 cm³/mol. The zero-order chi connectivity index (χ0) is 21.3. The number of halogens is 1. The molecule has 2 aromatic carbocycles. The number of benzene rings is 2. The normalized spacial score (nSPS) is 14.3. The first-order valence-corrected chi connectivity index (χ1v) is 10.4. The maximum absolute atomic E-state index is 13.0. The number of carbonyl (C=O) groups is 1. The first-order valence-electron chi connectivity index (χ1n) is 10.0. The van der Waals surface area contributed by atoms with E-state index in [2.05, 4.69) is 20.9 Å². The van der Waals surface area contributed by atoms with Gasteiger partial charge in [0, 0.05) is 44.2 Å². The number of ether oxygens (including phenoxy) is 1. The van der Waals surface area contributed by atoms with E-state index in [0.29, 0.717) is 23.8 Å². The third-order valence-corrected chi connectivity index (χ3v) is 5.23. The number of nitrogens with zero attached hydrogens (tertiary/aromatic N) is 1. The molecule has 0 aromatic heterocycles. The molecule has 0 saturated carbocycles. The first kappa shape index (κ1) is 22.0. The fraction of sp³-hybridized carbons (Fsp3) is 0.364. The Morgan fingerprint density at radius 3 is 2.57 bits per heavy atom. The summed E-state index contributed by atoms with van der Waals surface area (Å²) < 4.78 is 18.0. The standard InChI is InChI=1S/C22H27FN4O2S/c1-29-15-12-24-21(28)19-4-2-3-5-20(19)27-13-10-18(11-14-27)26-22(30)25-17-8-6-16(23)7-9-17/h2-9,18H,10-15H2,1H3,(H,24,28)(H2,25,26,30). The highest BCUT2D eigenvalue weighted by atomic mass is 32.1. The molecular weight excluding hydrogens is 403 g/mol. The van der Waals surface area contributed by atoms with Crippen molar-refractivity contribution in [3.05, 3.63) is 59.9 Å². The lowest BCUT2D eigenvalue weighted by Crippen LogP contribution is -2.46. The van der Waals surface area contributed by atoms with Crippen LogP contribution in [0, 0.1) is 5.82 Å². The summed E-state index contributed by atoms with van der Waals surface area (Å²) in [5.41, 5.74) is 2.37. The maximum Gasteiger partial charge on any atom is 0.253 e. The van der Waals surface area contributed by atoms with Crippen molar-refractivity contribution in [1.29, 1.82) is 0 Å². The highest BCUT2D eigenvalue weighted by molar-refractivity contribution is 7.80. The summed E-state index contributed by atoms with van der Waals surface area (Å²) in [5, 5.41) is 9.83. The summed E-state index contributed by atoms with van der Waals surface area (Å²) in [6, 6.07) is 14.0. The van der Waals surface area contributed by atoms with Gasteiger partial charge in [0.15, 0.2) is 5.11 Å². The largest absolute Gasteiger partial charge is 0.383 e. The third-order valence-electron chi connectivity index (χ3n) is 5.01. The van der Waals surface area contributed by atoms with Crippen LogP contribution in [0.1, 0.15) is 23.2 Å². The minimum Gasteiger partial charge on any atom is -0.383 e. The molecular formula is C22H27FN4O2S. The number of amides is 1. The fourth-order valence-corrected chi connectivity index (χ4v) is 3.74. The fourth-order valence-electron chi connectivity index (χ4n) is 3.45. The van der Waals surface area contributed by atoms with Crippen LogP contribution < -0.4 is 20.9 Å². The molecule has 0 atom stereocenters. The van der Waals surface area contributed by atoms with E-state index < -0.39 is 0 Å². The number of rotatable bonds is 7. The number of anilines is 2. The van der Waals surface area contributed by atoms with Crippen LogP contribution in [0.2, 0.25) is 0 Å². The van der Waals surface area contributed by atoms with Gasteiger partial charge in [0.2, 0.25) is 0 Å². The molecule has 160 valence electrons. The number of nitrogens with one attached hydrogen (secondary N) is 3. The van der Waals surface area contributed by atoms with Gasteiger partial charge < -0.3 is 25.6 Å². The summed E-state index contributed by atoms with van der Waals surface area (Å²) in [5.74, 6) is -0.368. The van der Waals surface area contributed by atoms with Crippen molar-refractivity contribution in [3.8, 4) is 0 Å². The minimum atomic E-state index is -0.278. The molecule has 0 unspecified atom stereocenters. The summed E-state index contributed by atoms with van der Waals surface area (Å²) in [6.07, 6.45) is 1.79. The van der Waals surface area contributed by atoms with E-state index in [0.717, 1.165) is 37.3 Å². The molecule has 3 rings (SSSR count). The Labute approximate surface area is 181 Å². The van der Waals surface area contributed by atoms with Crippen molar-refractivity contribution in [2.45, 2.75) is 18.9 Å². The average Bonchev–Trinajstić information content (AvgIpc) is 2.76. The van der Waals surface area contributed by atoms with Crippen LogP contribution in [0.5, 0.6) is 0 Å². The number of thiocarbonyl (C=S) groups is 1. The molecule has 0 radical (unpaired) electrons. The Morgan fingerprint density at radius 1 is 1.17 bits per heavy atom. The summed E-state index contributed by atoms with van der Waals surface area (Å²) in [4.78, 5) is 14.8. The Hall–Kier alpha value is -2.71. The van der Waals surface area contributed by atoms with Gasteiger partial charge in [0.1, 0.15) is 5.82 Å². The van der Waals surface area contributed by atoms with Crippen LogP contribution in [0.25, 0.3) is 0 Å². The molecule has 3 N–H and O–H groups in total. The first-order chi connectivity index (χ1) is 14.6. The zero-order valence-electron chi connectivity index (χ0n) is 17.0. The number of para-hydroxylation sites is 1. The zero-order valence-corrected chi connectivity index (χ0v) is 17.8. The van der Waals surface area contributed by atoms with Crippen LogP contribution in [-0.2, 0) is 4.74 Å². The second kappa shape index (κ2) is 10.9. The molecule has 1 aliphatic heterocycles. The molecule has 2 aromatic rings. The van der Waals surface area contributed by atoms with E-state index in [1.165, 1.54) is 12.1 Å². The highest BCUT2D eigenvalue weighted by Gasteiger charge is 2.23. The monoisotopic (exact) mass is 430 g/mol. The minimum absolute atomic E-state index is 0.0902. The second-order valence-electron chi connectivity index (χ2n) is 7.13. The van der Waals surface area contributed by atoms with Gasteiger partial charge in [-0.3, -0.25) is 4.79 Å². The molecule has 30 heavy (non-hydrogen) atoms. The van der Waals surface area contributed by atoms with Gasteiger partial charge in [-0.1, -0.05) is 12.1 Å². The number of carbonyl (C=O) groups excluding carboxylic acids is 1. The third kappa shape index (κ3) is 6.14. The van der Waals surface area contributed by atoms with E-state index in [1.54, 1.807) is 19.2 Å².